The van der Waals surface area contributed by atoms with E-state index in [-0.39, 0.29) is 12.2 Å². The maximum Gasteiger partial charge on any atom is 0.249 e. The topological polar surface area (TPSA) is 69.6 Å². The van der Waals surface area contributed by atoms with E-state index in [1.807, 2.05) is 0 Å². The molecule has 0 saturated carbocycles. The molecule has 0 spiro atoms. The average Bonchev–Trinajstić information content (AvgIpc) is 2.33. The molecule has 1 fully saturated rings. The zero-order chi connectivity index (χ0) is 14.2. The second-order valence-electron chi connectivity index (χ2n) is 4.57. The van der Waals surface area contributed by atoms with Crippen molar-refractivity contribution in [2.24, 2.45) is 0 Å². The van der Waals surface area contributed by atoms with E-state index >= 15 is 0 Å². The number of nitrogens with zero attached hydrogens (tertiary/aromatic N) is 1. The normalized spacial score (nSPS) is 21.3. The van der Waals surface area contributed by atoms with Crippen LogP contribution in [0.1, 0.15) is 25.5 Å². The number of aliphatic hydroxyl groups is 1. The van der Waals surface area contributed by atoms with Crippen LogP contribution in [0.4, 0.5) is 10.1 Å². The molecule has 0 aromatic heterocycles. The van der Waals surface area contributed by atoms with Gasteiger partial charge < -0.3 is 10.0 Å². The first-order valence-corrected chi connectivity index (χ1v) is 5.98. The molecule has 1 saturated heterocycles. The molecular formula is C13H15FN2O3. The quantitative estimate of drug-likeness (QED) is 0.774. The van der Waals surface area contributed by atoms with Gasteiger partial charge in [-0.3, -0.25) is 14.9 Å². The number of aliphatic hydroxyl groups excluding tert-OH is 1. The highest BCUT2D eigenvalue weighted by Crippen LogP contribution is 2.31. The summed E-state index contributed by atoms with van der Waals surface area (Å²) in [5.74, 6) is -1.52. The molecular weight excluding hydrogens is 251 g/mol. The highest BCUT2D eigenvalue weighted by atomic mass is 19.1. The van der Waals surface area contributed by atoms with Crippen molar-refractivity contribution in [1.82, 2.24) is 5.32 Å². The Morgan fingerprint density at radius 3 is 2.79 bits per heavy atom. The van der Waals surface area contributed by atoms with Gasteiger partial charge in [-0.15, -0.1) is 0 Å². The number of benzene rings is 1. The maximum absolute atomic E-state index is 14.0. The van der Waals surface area contributed by atoms with Gasteiger partial charge in [0.15, 0.2) is 0 Å². The smallest absolute Gasteiger partial charge is 0.249 e. The second-order valence-corrected chi connectivity index (χ2v) is 4.57. The average molecular weight is 266 g/mol. The van der Waals surface area contributed by atoms with Crippen molar-refractivity contribution in [1.29, 1.82) is 0 Å². The molecule has 1 aromatic carbocycles. The van der Waals surface area contributed by atoms with Crippen molar-refractivity contribution in [3.8, 4) is 0 Å². The highest BCUT2D eigenvalue weighted by Gasteiger charge is 2.33. The standard InChI is InChI=1S/C13H15FN2O3/c1-7-13(19)15-11(18)6-16(7)12-9(8(2)17)4-3-5-10(12)14/h3-5,7-8,17H,6H2,1-2H3,(H,15,18,19)/t7?,8-/m1/s1. The monoisotopic (exact) mass is 266 g/mol. The predicted octanol–water partition coefficient (Wildman–Crippen LogP) is 0.730. The molecule has 1 aliphatic heterocycles. The largest absolute Gasteiger partial charge is 0.389 e. The molecule has 1 unspecified atom stereocenters. The molecule has 0 aliphatic carbocycles. The van der Waals surface area contributed by atoms with Crippen LogP contribution in [0.25, 0.3) is 0 Å². The minimum absolute atomic E-state index is 0.105. The number of anilines is 1. The van der Waals surface area contributed by atoms with Gasteiger partial charge in [0.25, 0.3) is 0 Å². The third-order valence-electron chi connectivity index (χ3n) is 3.18. The van der Waals surface area contributed by atoms with Crippen LogP contribution in [-0.2, 0) is 9.59 Å². The number of carbonyl (C=O) groups excluding carboxylic acids is 2. The minimum atomic E-state index is -0.891. The number of hydrogen-bond acceptors (Lipinski definition) is 4. The molecule has 2 rings (SSSR count). The molecule has 19 heavy (non-hydrogen) atoms. The van der Waals surface area contributed by atoms with Crippen molar-refractivity contribution in [2.75, 3.05) is 11.4 Å². The summed E-state index contributed by atoms with van der Waals surface area (Å²) in [7, 11) is 0. The molecule has 5 nitrogen and oxygen atoms in total. The number of nitrogens with one attached hydrogen (secondary N) is 1. The van der Waals surface area contributed by atoms with Crippen LogP contribution in [0.3, 0.4) is 0 Å². The van der Waals surface area contributed by atoms with E-state index < -0.39 is 29.8 Å². The Morgan fingerprint density at radius 1 is 1.47 bits per heavy atom. The maximum atomic E-state index is 14.0. The number of piperazine rings is 1. The number of para-hydroxylation sites is 1. The molecule has 2 N–H and O–H groups in total. The number of halogens is 1. The van der Waals surface area contributed by atoms with E-state index in [1.165, 1.54) is 24.0 Å². The lowest BCUT2D eigenvalue weighted by atomic mass is 10.0. The molecule has 6 heteroatoms. The minimum Gasteiger partial charge on any atom is -0.389 e. The summed E-state index contributed by atoms with van der Waals surface area (Å²) in [6.07, 6.45) is -0.891. The van der Waals surface area contributed by atoms with Gasteiger partial charge in [-0.1, -0.05) is 12.1 Å². The first kappa shape index (κ1) is 13.5. The number of rotatable bonds is 2. The number of imide groups is 1. The third kappa shape index (κ3) is 2.44. The van der Waals surface area contributed by atoms with Gasteiger partial charge in [0, 0.05) is 5.56 Å². The summed E-state index contributed by atoms with van der Waals surface area (Å²) in [6.45, 7) is 2.97. The molecule has 2 amide bonds. The fourth-order valence-electron chi connectivity index (χ4n) is 2.16. The summed E-state index contributed by atoms with van der Waals surface area (Å²) >= 11 is 0. The van der Waals surface area contributed by atoms with Crippen LogP contribution in [0.2, 0.25) is 0 Å². The fourth-order valence-corrected chi connectivity index (χ4v) is 2.16. The highest BCUT2D eigenvalue weighted by molar-refractivity contribution is 6.04. The number of hydrogen-bond donors (Lipinski definition) is 2. The zero-order valence-electron chi connectivity index (χ0n) is 10.7. The first-order valence-electron chi connectivity index (χ1n) is 5.98. The van der Waals surface area contributed by atoms with Crippen LogP contribution in [0, 0.1) is 5.82 Å². The Hall–Kier alpha value is -1.95. The molecule has 1 aromatic rings. The van der Waals surface area contributed by atoms with E-state index in [0.29, 0.717) is 5.56 Å². The van der Waals surface area contributed by atoms with E-state index in [0.717, 1.165) is 0 Å². The van der Waals surface area contributed by atoms with Crippen molar-refractivity contribution < 1.29 is 19.1 Å². The van der Waals surface area contributed by atoms with Gasteiger partial charge >= 0.3 is 0 Å². The van der Waals surface area contributed by atoms with Crippen LogP contribution >= 0.6 is 0 Å². The van der Waals surface area contributed by atoms with Crippen molar-refractivity contribution in [3.63, 3.8) is 0 Å². The zero-order valence-corrected chi connectivity index (χ0v) is 10.7. The molecule has 0 radical (unpaired) electrons. The van der Waals surface area contributed by atoms with Gasteiger partial charge in [0.2, 0.25) is 11.8 Å². The van der Waals surface area contributed by atoms with Crippen LogP contribution in [0.5, 0.6) is 0 Å². The van der Waals surface area contributed by atoms with Crippen LogP contribution in [0.15, 0.2) is 18.2 Å². The lowest BCUT2D eigenvalue weighted by molar-refractivity contribution is -0.132. The molecule has 2 atom stereocenters. The van der Waals surface area contributed by atoms with Gasteiger partial charge in [-0.2, -0.15) is 0 Å². The van der Waals surface area contributed by atoms with E-state index in [2.05, 4.69) is 5.32 Å². The number of carbonyl (C=O) groups is 2. The van der Waals surface area contributed by atoms with Crippen LogP contribution in [-0.4, -0.2) is 29.5 Å². The molecule has 1 aliphatic rings. The van der Waals surface area contributed by atoms with Crippen LogP contribution < -0.4 is 10.2 Å². The lowest BCUT2D eigenvalue weighted by Crippen LogP contribution is -2.57. The lowest BCUT2D eigenvalue weighted by Gasteiger charge is -2.35. The summed E-state index contributed by atoms with van der Waals surface area (Å²) in [4.78, 5) is 24.4. The van der Waals surface area contributed by atoms with Gasteiger partial charge in [-0.05, 0) is 19.9 Å². The Kier molecular flexibility index (Phi) is 3.53. The fraction of sp³-hybridized carbons (Fsp3) is 0.385. The summed E-state index contributed by atoms with van der Waals surface area (Å²) in [5, 5.41) is 11.9. The van der Waals surface area contributed by atoms with E-state index in [4.69, 9.17) is 0 Å². The van der Waals surface area contributed by atoms with E-state index in [9.17, 15) is 19.1 Å². The van der Waals surface area contributed by atoms with Crippen molar-refractivity contribution in [2.45, 2.75) is 26.0 Å². The predicted molar refractivity (Wildman–Crippen MR) is 67.0 cm³/mol. The third-order valence-corrected chi connectivity index (χ3v) is 3.18. The Bertz CT molecular complexity index is 531. The Morgan fingerprint density at radius 2 is 2.16 bits per heavy atom. The first-order chi connectivity index (χ1) is 8.91. The SMILES string of the molecule is CC1C(=O)NC(=O)CN1c1c(F)cccc1[C@@H](C)O. The van der Waals surface area contributed by atoms with Gasteiger partial charge in [0.05, 0.1) is 18.3 Å². The summed E-state index contributed by atoms with van der Waals surface area (Å²) < 4.78 is 14.0. The van der Waals surface area contributed by atoms with Gasteiger partial charge in [0.1, 0.15) is 11.9 Å². The Labute approximate surface area is 110 Å². The van der Waals surface area contributed by atoms with Crippen molar-refractivity contribution in [3.05, 3.63) is 29.6 Å². The molecule has 1 heterocycles. The second kappa shape index (κ2) is 4.97. The Balaban J connectivity index is 2.51. The summed E-state index contributed by atoms with van der Waals surface area (Å²) in [5.41, 5.74) is 0.461. The molecule has 0 bridgehead atoms. The van der Waals surface area contributed by atoms with E-state index in [1.54, 1.807) is 13.0 Å². The number of amides is 2. The summed E-state index contributed by atoms with van der Waals surface area (Å²) in [6, 6.07) is 3.63. The molecule has 102 valence electrons. The van der Waals surface area contributed by atoms with Gasteiger partial charge in [-0.25, -0.2) is 4.39 Å². The van der Waals surface area contributed by atoms with Crippen molar-refractivity contribution >= 4 is 17.5 Å².